The highest BCUT2D eigenvalue weighted by atomic mass is 32.2. The fraction of sp³-hybridized carbons (Fsp3) is 0.273. The summed E-state index contributed by atoms with van der Waals surface area (Å²) in [4.78, 5) is 24.0. The van der Waals surface area contributed by atoms with Crippen LogP contribution in [-0.4, -0.2) is 38.2 Å². The Balaban J connectivity index is 2.32. The van der Waals surface area contributed by atoms with Gasteiger partial charge < -0.3 is 11.1 Å². The molecule has 108 valence electrons. The van der Waals surface area contributed by atoms with Gasteiger partial charge in [0.1, 0.15) is 10.9 Å². The molecule has 1 heterocycles. The lowest BCUT2D eigenvalue weighted by Gasteiger charge is -2.15. The Labute approximate surface area is 115 Å². The number of hydrogen-bond donors (Lipinski definition) is 3. The van der Waals surface area contributed by atoms with E-state index in [1.807, 2.05) is 0 Å². The largest absolute Gasteiger partial charge is 0.396 e. The molecular formula is C11H14N4O4S. The minimum absolute atomic E-state index is 0.00558. The van der Waals surface area contributed by atoms with Gasteiger partial charge in [-0.25, -0.2) is 13.6 Å². The summed E-state index contributed by atoms with van der Waals surface area (Å²) in [5.74, 6) is -0.705. The molecule has 0 saturated carbocycles. The second kappa shape index (κ2) is 4.76. The van der Waals surface area contributed by atoms with E-state index in [0.717, 1.165) is 4.90 Å². The summed E-state index contributed by atoms with van der Waals surface area (Å²) in [6.07, 6.45) is -0.00558. The Morgan fingerprint density at radius 2 is 2.00 bits per heavy atom. The number of hydrogen-bond acceptors (Lipinski definition) is 6. The molecule has 1 unspecified atom stereocenters. The van der Waals surface area contributed by atoms with Crippen molar-refractivity contribution in [2.45, 2.75) is 17.4 Å². The molecule has 9 heteroatoms. The maximum absolute atomic E-state index is 11.8. The van der Waals surface area contributed by atoms with Gasteiger partial charge in [0.15, 0.2) is 0 Å². The number of anilines is 2. The average Bonchev–Trinajstić information content (AvgIpc) is 2.58. The van der Waals surface area contributed by atoms with E-state index in [2.05, 4.69) is 5.32 Å². The van der Waals surface area contributed by atoms with Crippen molar-refractivity contribution < 1.29 is 18.0 Å². The Kier molecular flexibility index (Phi) is 3.40. The van der Waals surface area contributed by atoms with E-state index in [9.17, 15) is 18.0 Å². The van der Waals surface area contributed by atoms with Gasteiger partial charge in [0.2, 0.25) is 15.9 Å². The van der Waals surface area contributed by atoms with Gasteiger partial charge in [0.25, 0.3) is 5.91 Å². The lowest BCUT2D eigenvalue weighted by molar-refractivity contribution is -0.136. The van der Waals surface area contributed by atoms with E-state index in [0.29, 0.717) is 0 Å². The second-order valence-electron chi connectivity index (χ2n) is 4.45. The van der Waals surface area contributed by atoms with Crippen LogP contribution in [-0.2, 0) is 19.6 Å². The van der Waals surface area contributed by atoms with Crippen molar-refractivity contribution in [1.82, 2.24) is 4.90 Å². The first-order chi connectivity index (χ1) is 9.21. The summed E-state index contributed by atoms with van der Waals surface area (Å²) >= 11 is 0. The fourth-order valence-corrected chi connectivity index (χ4v) is 2.66. The van der Waals surface area contributed by atoms with Gasteiger partial charge in [-0.15, -0.1) is 0 Å². The molecule has 1 aliphatic heterocycles. The van der Waals surface area contributed by atoms with E-state index >= 15 is 0 Å². The second-order valence-corrected chi connectivity index (χ2v) is 5.98. The first-order valence-corrected chi connectivity index (χ1v) is 7.24. The Bertz CT molecular complexity index is 686. The number of primary sulfonamides is 1. The van der Waals surface area contributed by atoms with Crippen LogP contribution in [0.15, 0.2) is 23.1 Å². The molecule has 1 atom stereocenters. The number of nitrogens with two attached hydrogens (primary N) is 2. The minimum atomic E-state index is -3.95. The highest BCUT2D eigenvalue weighted by Crippen LogP contribution is 2.27. The number of sulfonamides is 1. The van der Waals surface area contributed by atoms with Gasteiger partial charge in [-0.3, -0.25) is 14.5 Å². The van der Waals surface area contributed by atoms with Crippen molar-refractivity contribution in [2.24, 2.45) is 5.14 Å². The maximum atomic E-state index is 11.8. The van der Waals surface area contributed by atoms with Crippen LogP contribution in [0.4, 0.5) is 11.4 Å². The van der Waals surface area contributed by atoms with E-state index in [-0.39, 0.29) is 28.6 Å². The molecule has 1 aromatic carbocycles. The number of benzene rings is 1. The molecule has 8 nitrogen and oxygen atoms in total. The Hall–Kier alpha value is -2.13. The van der Waals surface area contributed by atoms with Crippen molar-refractivity contribution in [3.05, 3.63) is 18.2 Å². The van der Waals surface area contributed by atoms with Gasteiger partial charge in [-0.2, -0.15) is 0 Å². The third-order valence-corrected chi connectivity index (χ3v) is 4.05. The quantitative estimate of drug-likeness (QED) is 0.488. The highest BCUT2D eigenvalue weighted by molar-refractivity contribution is 7.89. The SMILES string of the molecule is CN1C(=O)CC(Nc2cccc(S(N)(=O)=O)c2N)C1=O. The van der Waals surface area contributed by atoms with Crippen LogP contribution < -0.4 is 16.2 Å². The predicted octanol–water partition coefficient (Wildman–Crippen LogP) is -0.915. The monoisotopic (exact) mass is 298 g/mol. The van der Waals surface area contributed by atoms with Crippen LogP contribution >= 0.6 is 0 Å². The van der Waals surface area contributed by atoms with Crippen molar-refractivity contribution in [2.75, 3.05) is 18.1 Å². The lowest BCUT2D eigenvalue weighted by atomic mass is 10.2. The summed E-state index contributed by atoms with van der Waals surface area (Å²) < 4.78 is 22.7. The standard InChI is InChI=1S/C11H14N4O4S/c1-15-9(16)5-7(11(15)17)14-6-3-2-4-8(10(6)12)20(13,18)19/h2-4,7,14H,5,12H2,1H3,(H2,13,18,19). The third-order valence-electron chi connectivity index (χ3n) is 3.08. The number of imide groups is 1. The average molecular weight is 298 g/mol. The Morgan fingerprint density at radius 1 is 1.35 bits per heavy atom. The molecule has 1 aliphatic rings. The summed E-state index contributed by atoms with van der Waals surface area (Å²) in [7, 11) is -2.57. The van der Waals surface area contributed by atoms with Crippen molar-refractivity contribution >= 4 is 33.2 Å². The first kappa shape index (κ1) is 14.3. The van der Waals surface area contributed by atoms with Crippen molar-refractivity contribution in [3.63, 3.8) is 0 Å². The number of nitrogens with zero attached hydrogens (tertiary/aromatic N) is 1. The van der Waals surface area contributed by atoms with E-state index in [4.69, 9.17) is 10.9 Å². The zero-order valence-electron chi connectivity index (χ0n) is 10.7. The van der Waals surface area contributed by atoms with Crippen LogP contribution in [0, 0.1) is 0 Å². The molecule has 5 N–H and O–H groups in total. The summed E-state index contributed by atoms with van der Waals surface area (Å²) in [5, 5.41) is 7.82. The minimum Gasteiger partial charge on any atom is -0.396 e. The number of nitrogen functional groups attached to an aromatic ring is 1. The molecule has 1 fully saturated rings. The van der Waals surface area contributed by atoms with Crippen LogP contribution in [0.2, 0.25) is 0 Å². The predicted molar refractivity (Wildman–Crippen MR) is 72.0 cm³/mol. The molecule has 1 saturated heterocycles. The molecule has 0 aliphatic carbocycles. The van der Waals surface area contributed by atoms with Gasteiger partial charge in [0.05, 0.1) is 17.8 Å². The number of likely N-dealkylation sites (tertiary alicyclic amines) is 1. The van der Waals surface area contributed by atoms with E-state index < -0.39 is 22.0 Å². The molecule has 2 amide bonds. The van der Waals surface area contributed by atoms with Crippen LogP contribution in [0.1, 0.15) is 6.42 Å². The Morgan fingerprint density at radius 3 is 2.50 bits per heavy atom. The number of carbonyl (C=O) groups excluding carboxylic acids is 2. The molecule has 1 aromatic rings. The van der Waals surface area contributed by atoms with Crippen molar-refractivity contribution in [3.8, 4) is 0 Å². The summed E-state index contributed by atoms with van der Waals surface area (Å²) in [6.45, 7) is 0. The van der Waals surface area contributed by atoms with Crippen molar-refractivity contribution in [1.29, 1.82) is 0 Å². The van der Waals surface area contributed by atoms with Crippen LogP contribution in [0.3, 0.4) is 0 Å². The topological polar surface area (TPSA) is 136 Å². The van der Waals surface area contributed by atoms with Gasteiger partial charge in [-0.1, -0.05) is 6.07 Å². The maximum Gasteiger partial charge on any atom is 0.251 e. The lowest BCUT2D eigenvalue weighted by Crippen LogP contribution is -2.32. The molecule has 2 rings (SSSR count). The zero-order chi connectivity index (χ0) is 15.1. The molecule has 20 heavy (non-hydrogen) atoms. The van der Waals surface area contributed by atoms with E-state index in [1.54, 1.807) is 0 Å². The first-order valence-electron chi connectivity index (χ1n) is 5.70. The number of likely N-dealkylation sites (N-methyl/N-ethyl adjacent to an activating group) is 1. The number of carbonyl (C=O) groups is 2. The third kappa shape index (κ3) is 2.45. The molecule has 0 spiro atoms. The summed E-state index contributed by atoms with van der Waals surface area (Å²) in [5.41, 5.74) is 5.90. The van der Waals surface area contributed by atoms with Gasteiger partial charge in [0, 0.05) is 7.05 Å². The normalized spacial score (nSPS) is 19.5. The van der Waals surface area contributed by atoms with Gasteiger partial charge in [-0.05, 0) is 12.1 Å². The molecule has 0 bridgehead atoms. The van der Waals surface area contributed by atoms with Crippen LogP contribution in [0.25, 0.3) is 0 Å². The zero-order valence-corrected chi connectivity index (χ0v) is 11.5. The fourth-order valence-electron chi connectivity index (χ4n) is 1.97. The summed E-state index contributed by atoms with van der Waals surface area (Å²) in [6, 6.07) is 3.47. The number of rotatable bonds is 3. The number of para-hydroxylation sites is 1. The number of amides is 2. The van der Waals surface area contributed by atoms with Crippen LogP contribution in [0.5, 0.6) is 0 Å². The molecular weight excluding hydrogens is 284 g/mol. The smallest absolute Gasteiger partial charge is 0.251 e. The number of nitrogens with one attached hydrogen (secondary N) is 1. The highest BCUT2D eigenvalue weighted by Gasteiger charge is 2.36. The van der Waals surface area contributed by atoms with E-state index in [1.165, 1.54) is 25.2 Å². The van der Waals surface area contributed by atoms with Gasteiger partial charge >= 0.3 is 0 Å². The molecule has 0 aromatic heterocycles. The molecule has 0 radical (unpaired) electrons.